The highest BCUT2D eigenvalue weighted by molar-refractivity contribution is 6.05. The number of carbonyl (C=O) groups is 3. The molecule has 35 heavy (non-hydrogen) atoms. The van der Waals surface area contributed by atoms with Crippen LogP contribution in [0.3, 0.4) is 0 Å². The van der Waals surface area contributed by atoms with Crippen LogP contribution >= 0.6 is 0 Å². The summed E-state index contributed by atoms with van der Waals surface area (Å²) in [7, 11) is 4.40. The summed E-state index contributed by atoms with van der Waals surface area (Å²) in [6.07, 6.45) is 2.95. The third-order valence-corrected chi connectivity index (χ3v) is 4.86. The van der Waals surface area contributed by atoms with Gasteiger partial charge in [0.05, 0.1) is 21.3 Å². The molecule has 0 saturated carbocycles. The summed E-state index contributed by atoms with van der Waals surface area (Å²) in [6.45, 7) is 0. The molecule has 0 aliphatic rings. The van der Waals surface area contributed by atoms with Gasteiger partial charge in [0.1, 0.15) is 0 Å². The lowest BCUT2D eigenvalue weighted by atomic mass is 10.1. The fourth-order valence-corrected chi connectivity index (χ4v) is 3.09. The molecule has 3 aromatic rings. The summed E-state index contributed by atoms with van der Waals surface area (Å²) in [5.74, 6) is -0.303. The molecule has 0 saturated heterocycles. The van der Waals surface area contributed by atoms with Gasteiger partial charge >= 0.3 is 0 Å². The van der Waals surface area contributed by atoms with Gasteiger partial charge in [0, 0.05) is 22.9 Å². The van der Waals surface area contributed by atoms with Crippen LogP contribution in [0.25, 0.3) is 6.08 Å². The molecule has 0 bridgehead atoms. The Bertz CT molecular complexity index is 1200. The molecule has 3 N–H and O–H groups in total. The molecule has 3 amide bonds. The summed E-state index contributed by atoms with van der Waals surface area (Å²) >= 11 is 0. The van der Waals surface area contributed by atoms with Gasteiger partial charge in [-0.1, -0.05) is 30.3 Å². The Morgan fingerprint density at radius 3 is 1.91 bits per heavy atom. The zero-order chi connectivity index (χ0) is 25.2. The minimum absolute atomic E-state index is 0.295. The monoisotopic (exact) mass is 475 g/mol. The standard InChI is InChI=1S/C26H25N3O6/c1-33-21-15-19(16-22(34-2)24(21)35-3)25(31)27-20-12-10-18(11-13-20)26(32)29-28-23(30)14-9-17-7-5-4-6-8-17/h4-16H,1-3H3,(H,27,31)(H,28,30)(H,29,32)/b14-9+. The van der Waals surface area contributed by atoms with Gasteiger partial charge in [-0.3, -0.25) is 25.2 Å². The molecule has 0 spiro atoms. The molecule has 180 valence electrons. The van der Waals surface area contributed by atoms with Crippen molar-refractivity contribution in [1.29, 1.82) is 0 Å². The lowest BCUT2D eigenvalue weighted by Crippen LogP contribution is -2.40. The zero-order valence-corrected chi connectivity index (χ0v) is 19.5. The van der Waals surface area contributed by atoms with Crippen molar-refractivity contribution in [3.8, 4) is 17.2 Å². The Morgan fingerprint density at radius 1 is 0.714 bits per heavy atom. The van der Waals surface area contributed by atoms with Crippen molar-refractivity contribution in [2.45, 2.75) is 0 Å². The molecule has 0 aromatic heterocycles. The first-order chi connectivity index (χ1) is 16.9. The van der Waals surface area contributed by atoms with Crippen LogP contribution < -0.4 is 30.4 Å². The largest absolute Gasteiger partial charge is 0.493 e. The molecule has 0 aliphatic carbocycles. The number of nitrogens with one attached hydrogen (secondary N) is 3. The Hall–Kier alpha value is -4.79. The molecule has 0 radical (unpaired) electrons. The second-order valence-electron chi connectivity index (χ2n) is 7.13. The minimum Gasteiger partial charge on any atom is -0.493 e. The first-order valence-electron chi connectivity index (χ1n) is 10.5. The molecular weight excluding hydrogens is 450 g/mol. The van der Waals surface area contributed by atoms with Gasteiger partial charge < -0.3 is 19.5 Å². The third-order valence-electron chi connectivity index (χ3n) is 4.86. The van der Waals surface area contributed by atoms with Gasteiger partial charge in [-0.25, -0.2) is 0 Å². The lowest BCUT2D eigenvalue weighted by Gasteiger charge is -2.14. The van der Waals surface area contributed by atoms with E-state index in [1.807, 2.05) is 30.3 Å². The first-order valence-corrected chi connectivity index (χ1v) is 10.5. The smallest absolute Gasteiger partial charge is 0.269 e. The van der Waals surface area contributed by atoms with Crippen LogP contribution in [0.2, 0.25) is 0 Å². The number of hydrazine groups is 1. The van der Waals surface area contributed by atoms with Crippen LogP contribution in [0.4, 0.5) is 5.69 Å². The van der Waals surface area contributed by atoms with E-state index in [0.29, 0.717) is 34.1 Å². The summed E-state index contributed by atoms with van der Waals surface area (Å²) in [6, 6.07) is 18.5. The average Bonchev–Trinajstić information content (AvgIpc) is 2.90. The number of ether oxygens (including phenoxy) is 3. The molecule has 0 fully saturated rings. The van der Waals surface area contributed by atoms with Crippen molar-refractivity contribution in [3.63, 3.8) is 0 Å². The molecule has 9 heteroatoms. The number of rotatable bonds is 8. The van der Waals surface area contributed by atoms with Gasteiger partial charge in [-0.15, -0.1) is 0 Å². The molecule has 0 atom stereocenters. The van der Waals surface area contributed by atoms with Crippen LogP contribution in [0.5, 0.6) is 17.2 Å². The predicted molar refractivity (Wildman–Crippen MR) is 132 cm³/mol. The van der Waals surface area contributed by atoms with Crippen LogP contribution in [0, 0.1) is 0 Å². The van der Waals surface area contributed by atoms with Crippen LogP contribution in [0.15, 0.2) is 72.8 Å². The molecule has 0 unspecified atom stereocenters. The molecule has 0 aliphatic heterocycles. The van der Waals surface area contributed by atoms with Crippen molar-refractivity contribution >= 4 is 29.5 Å². The molecule has 3 rings (SSSR count). The van der Waals surface area contributed by atoms with Crippen molar-refractivity contribution in [2.75, 3.05) is 26.6 Å². The van der Waals surface area contributed by atoms with E-state index in [1.54, 1.807) is 18.2 Å². The molecule has 9 nitrogen and oxygen atoms in total. The second-order valence-corrected chi connectivity index (χ2v) is 7.13. The number of methoxy groups -OCH3 is 3. The van der Waals surface area contributed by atoms with Crippen molar-refractivity contribution in [2.24, 2.45) is 0 Å². The predicted octanol–water partition coefficient (Wildman–Crippen LogP) is 3.44. The second kappa shape index (κ2) is 11.9. The number of hydrogen-bond acceptors (Lipinski definition) is 6. The van der Waals surface area contributed by atoms with Crippen LogP contribution in [-0.2, 0) is 4.79 Å². The molecule has 3 aromatic carbocycles. The molecular formula is C26H25N3O6. The van der Waals surface area contributed by atoms with Crippen LogP contribution in [0.1, 0.15) is 26.3 Å². The van der Waals surface area contributed by atoms with Gasteiger partial charge in [-0.2, -0.15) is 0 Å². The van der Waals surface area contributed by atoms with Crippen LogP contribution in [-0.4, -0.2) is 39.1 Å². The normalized spacial score (nSPS) is 10.4. The third kappa shape index (κ3) is 6.61. The van der Waals surface area contributed by atoms with E-state index >= 15 is 0 Å². The van der Waals surface area contributed by atoms with Gasteiger partial charge in [-0.05, 0) is 48.0 Å². The van der Waals surface area contributed by atoms with E-state index < -0.39 is 17.7 Å². The van der Waals surface area contributed by atoms with Crippen molar-refractivity contribution in [3.05, 3.63) is 89.5 Å². The average molecular weight is 476 g/mol. The SMILES string of the molecule is COc1cc(C(=O)Nc2ccc(C(=O)NNC(=O)/C=C/c3ccccc3)cc2)cc(OC)c1OC. The Morgan fingerprint density at radius 2 is 1.34 bits per heavy atom. The maximum absolute atomic E-state index is 12.7. The lowest BCUT2D eigenvalue weighted by molar-refractivity contribution is -0.117. The summed E-state index contributed by atoms with van der Waals surface area (Å²) in [5, 5.41) is 2.75. The highest BCUT2D eigenvalue weighted by Gasteiger charge is 2.17. The maximum Gasteiger partial charge on any atom is 0.269 e. The topological polar surface area (TPSA) is 115 Å². The number of amides is 3. The number of benzene rings is 3. The Kier molecular flexibility index (Phi) is 8.44. The summed E-state index contributed by atoms with van der Waals surface area (Å²) < 4.78 is 15.8. The highest BCUT2D eigenvalue weighted by atomic mass is 16.5. The summed E-state index contributed by atoms with van der Waals surface area (Å²) in [4.78, 5) is 36.9. The van der Waals surface area contributed by atoms with Crippen molar-refractivity contribution < 1.29 is 28.6 Å². The maximum atomic E-state index is 12.7. The number of carbonyl (C=O) groups excluding carboxylic acids is 3. The quantitative estimate of drug-likeness (QED) is 0.340. The van der Waals surface area contributed by atoms with E-state index in [9.17, 15) is 14.4 Å². The molecule has 0 heterocycles. The Labute approximate surface area is 202 Å². The number of hydrogen-bond donors (Lipinski definition) is 3. The fourth-order valence-electron chi connectivity index (χ4n) is 3.09. The van der Waals surface area contributed by atoms with Gasteiger partial charge in [0.25, 0.3) is 17.7 Å². The first kappa shape index (κ1) is 24.8. The zero-order valence-electron chi connectivity index (χ0n) is 19.5. The summed E-state index contributed by atoms with van der Waals surface area (Å²) in [5.41, 5.74) is 6.58. The van der Waals surface area contributed by atoms with E-state index in [0.717, 1.165) is 5.56 Å². The van der Waals surface area contributed by atoms with Gasteiger partial charge in [0.2, 0.25) is 5.75 Å². The van der Waals surface area contributed by atoms with E-state index in [1.165, 1.54) is 51.7 Å². The number of anilines is 1. The Balaban J connectivity index is 1.58. The van der Waals surface area contributed by atoms with E-state index in [4.69, 9.17) is 14.2 Å². The highest BCUT2D eigenvalue weighted by Crippen LogP contribution is 2.38. The van der Waals surface area contributed by atoms with E-state index in [-0.39, 0.29) is 0 Å². The fraction of sp³-hybridized carbons (Fsp3) is 0.115. The van der Waals surface area contributed by atoms with Gasteiger partial charge in [0.15, 0.2) is 11.5 Å². The minimum atomic E-state index is -0.506. The van der Waals surface area contributed by atoms with Crippen molar-refractivity contribution in [1.82, 2.24) is 10.9 Å². The van der Waals surface area contributed by atoms with E-state index in [2.05, 4.69) is 16.2 Å².